The predicted molar refractivity (Wildman–Crippen MR) is 34.0 cm³/mol. The van der Waals surface area contributed by atoms with Crippen molar-refractivity contribution in [1.82, 2.24) is 0 Å². The van der Waals surface area contributed by atoms with Crippen molar-refractivity contribution in [2.24, 2.45) is 5.73 Å². The monoisotopic (exact) mass is 131 g/mol. The fourth-order valence-corrected chi connectivity index (χ4v) is 1.02. The number of methoxy groups -OCH3 is 1. The number of hydrogen-bond acceptors (Lipinski definition) is 3. The Bertz CT molecular complexity index is 101. The van der Waals surface area contributed by atoms with Crippen molar-refractivity contribution in [2.75, 3.05) is 13.7 Å². The van der Waals surface area contributed by atoms with Gasteiger partial charge in [-0.15, -0.1) is 0 Å². The minimum atomic E-state index is -0.192. The maximum Gasteiger partial charge on any atom is 0.0853 e. The lowest BCUT2D eigenvalue weighted by Gasteiger charge is -2.18. The van der Waals surface area contributed by atoms with E-state index in [0.29, 0.717) is 0 Å². The normalized spacial score (nSPS) is 25.7. The van der Waals surface area contributed by atoms with Crippen molar-refractivity contribution < 1.29 is 9.84 Å². The summed E-state index contributed by atoms with van der Waals surface area (Å²) in [4.78, 5) is 0. The van der Waals surface area contributed by atoms with Crippen LogP contribution in [-0.2, 0) is 4.74 Å². The molecule has 3 N–H and O–H groups in total. The Morgan fingerprint density at radius 1 is 1.78 bits per heavy atom. The van der Waals surface area contributed by atoms with Gasteiger partial charge in [-0.05, 0) is 12.8 Å². The molecule has 0 aromatic heterocycles. The summed E-state index contributed by atoms with van der Waals surface area (Å²) in [6.07, 6.45) is 1.98. The molecular weight excluding hydrogens is 118 g/mol. The van der Waals surface area contributed by atoms with Crippen LogP contribution < -0.4 is 5.73 Å². The van der Waals surface area contributed by atoms with Crippen LogP contribution in [0.4, 0.5) is 0 Å². The molecule has 1 aliphatic rings. The van der Waals surface area contributed by atoms with E-state index in [0.717, 1.165) is 12.8 Å². The van der Waals surface area contributed by atoms with Gasteiger partial charge in [-0.1, -0.05) is 0 Å². The minimum Gasteiger partial charge on any atom is -0.395 e. The Hall–Kier alpha value is -0.120. The molecule has 0 heterocycles. The molecular formula is C6H13NO2. The highest BCUT2D eigenvalue weighted by Crippen LogP contribution is 2.40. The molecule has 0 radical (unpaired) electrons. The van der Waals surface area contributed by atoms with Crippen LogP contribution >= 0.6 is 0 Å². The summed E-state index contributed by atoms with van der Waals surface area (Å²) >= 11 is 0. The molecule has 3 nitrogen and oxygen atoms in total. The first kappa shape index (κ1) is 6.99. The largest absolute Gasteiger partial charge is 0.395 e. The number of ether oxygens (including phenoxy) is 1. The van der Waals surface area contributed by atoms with Gasteiger partial charge in [0.1, 0.15) is 0 Å². The van der Waals surface area contributed by atoms with Gasteiger partial charge in [-0.2, -0.15) is 0 Å². The molecule has 1 unspecified atom stereocenters. The molecule has 9 heavy (non-hydrogen) atoms. The number of hydrogen-bond donors (Lipinski definition) is 2. The first-order valence-electron chi connectivity index (χ1n) is 3.17. The van der Waals surface area contributed by atoms with Crippen molar-refractivity contribution in [3.63, 3.8) is 0 Å². The topological polar surface area (TPSA) is 55.5 Å². The van der Waals surface area contributed by atoms with Crippen LogP contribution in [0.25, 0.3) is 0 Å². The summed E-state index contributed by atoms with van der Waals surface area (Å²) in [6, 6.07) is -0.192. The van der Waals surface area contributed by atoms with E-state index in [2.05, 4.69) is 0 Å². The molecule has 0 spiro atoms. The van der Waals surface area contributed by atoms with Gasteiger partial charge in [0.05, 0.1) is 18.2 Å². The zero-order chi connectivity index (χ0) is 6.91. The highest BCUT2D eigenvalue weighted by molar-refractivity contribution is 5.03. The molecule has 1 atom stereocenters. The van der Waals surface area contributed by atoms with Crippen LogP contribution in [0, 0.1) is 0 Å². The molecule has 0 aliphatic heterocycles. The Morgan fingerprint density at radius 2 is 2.33 bits per heavy atom. The van der Waals surface area contributed by atoms with E-state index in [1.54, 1.807) is 7.11 Å². The van der Waals surface area contributed by atoms with E-state index >= 15 is 0 Å². The summed E-state index contributed by atoms with van der Waals surface area (Å²) in [5.41, 5.74) is 5.38. The highest BCUT2D eigenvalue weighted by atomic mass is 16.5. The average Bonchev–Trinajstić information content (AvgIpc) is 2.66. The maximum atomic E-state index is 8.64. The molecule has 0 bridgehead atoms. The quantitative estimate of drug-likeness (QED) is 0.542. The smallest absolute Gasteiger partial charge is 0.0853 e. The highest BCUT2D eigenvalue weighted by Gasteiger charge is 2.48. The van der Waals surface area contributed by atoms with Crippen molar-refractivity contribution in [3.8, 4) is 0 Å². The molecule has 54 valence electrons. The summed E-state index contributed by atoms with van der Waals surface area (Å²) in [7, 11) is 1.64. The van der Waals surface area contributed by atoms with E-state index in [4.69, 9.17) is 15.6 Å². The standard InChI is InChI=1S/C6H13NO2/c1-9-6(2-3-6)5(7)4-8/h5,8H,2-4,7H2,1H3. The van der Waals surface area contributed by atoms with Gasteiger partial charge in [0.2, 0.25) is 0 Å². The van der Waals surface area contributed by atoms with Crippen molar-refractivity contribution >= 4 is 0 Å². The van der Waals surface area contributed by atoms with Gasteiger partial charge in [0.15, 0.2) is 0 Å². The summed E-state index contributed by atoms with van der Waals surface area (Å²) in [5, 5.41) is 8.64. The average molecular weight is 131 g/mol. The van der Waals surface area contributed by atoms with E-state index in [1.807, 2.05) is 0 Å². The van der Waals surface area contributed by atoms with Crippen LogP contribution in [0.1, 0.15) is 12.8 Å². The van der Waals surface area contributed by atoms with E-state index in [1.165, 1.54) is 0 Å². The van der Waals surface area contributed by atoms with E-state index in [9.17, 15) is 0 Å². The van der Waals surface area contributed by atoms with E-state index in [-0.39, 0.29) is 18.2 Å². The maximum absolute atomic E-state index is 8.64. The minimum absolute atomic E-state index is 0.0217. The number of nitrogens with two attached hydrogens (primary N) is 1. The lowest BCUT2D eigenvalue weighted by Crippen LogP contribution is -2.41. The molecule has 1 aliphatic carbocycles. The molecule has 0 aromatic carbocycles. The Morgan fingerprint density at radius 3 is 2.44 bits per heavy atom. The summed E-state index contributed by atoms with van der Waals surface area (Å²) in [6.45, 7) is 0.0217. The lowest BCUT2D eigenvalue weighted by atomic mass is 10.1. The van der Waals surface area contributed by atoms with Crippen LogP contribution in [0.3, 0.4) is 0 Å². The Kier molecular flexibility index (Phi) is 1.75. The summed E-state index contributed by atoms with van der Waals surface area (Å²) in [5.74, 6) is 0. The van der Waals surface area contributed by atoms with Crippen molar-refractivity contribution in [1.29, 1.82) is 0 Å². The molecule has 1 saturated carbocycles. The third kappa shape index (κ3) is 1.08. The number of rotatable bonds is 3. The predicted octanol–water partition coefficient (Wildman–Crippen LogP) is -0.515. The zero-order valence-corrected chi connectivity index (χ0v) is 5.63. The second-order valence-corrected chi connectivity index (χ2v) is 2.56. The van der Waals surface area contributed by atoms with Gasteiger partial charge >= 0.3 is 0 Å². The molecule has 0 saturated heterocycles. The fraction of sp³-hybridized carbons (Fsp3) is 1.00. The van der Waals surface area contributed by atoms with Gasteiger partial charge < -0.3 is 15.6 Å². The molecule has 3 heteroatoms. The van der Waals surface area contributed by atoms with E-state index < -0.39 is 0 Å². The van der Waals surface area contributed by atoms with Crippen molar-refractivity contribution in [3.05, 3.63) is 0 Å². The van der Waals surface area contributed by atoms with Gasteiger partial charge in [0, 0.05) is 7.11 Å². The molecule has 1 fully saturated rings. The lowest BCUT2D eigenvalue weighted by molar-refractivity contribution is 0.0384. The second kappa shape index (κ2) is 2.25. The van der Waals surface area contributed by atoms with Crippen LogP contribution in [0.5, 0.6) is 0 Å². The Labute approximate surface area is 54.8 Å². The van der Waals surface area contributed by atoms with Crippen molar-refractivity contribution in [2.45, 2.75) is 24.5 Å². The third-order valence-electron chi connectivity index (χ3n) is 2.02. The third-order valence-corrected chi connectivity index (χ3v) is 2.02. The number of aliphatic hydroxyl groups is 1. The van der Waals surface area contributed by atoms with Crippen LogP contribution in [0.15, 0.2) is 0 Å². The Balaban J connectivity index is 2.39. The molecule has 0 aromatic rings. The van der Waals surface area contributed by atoms with Gasteiger partial charge in [0.25, 0.3) is 0 Å². The SMILES string of the molecule is COC1(C(N)CO)CC1. The first-order valence-corrected chi connectivity index (χ1v) is 3.17. The summed E-state index contributed by atoms with van der Waals surface area (Å²) < 4.78 is 5.12. The fourth-order valence-electron chi connectivity index (χ4n) is 1.02. The molecule has 1 rings (SSSR count). The van der Waals surface area contributed by atoms with Gasteiger partial charge in [-0.25, -0.2) is 0 Å². The van der Waals surface area contributed by atoms with Gasteiger partial charge in [-0.3, -0.25) is 0 Å². The zero-order valence-electron chi connectivity index (χ0n) is 5.63. The van der Waals surface area contributed by atoms with Crippen LogP contribution in [0.2, 0.25) is 0 Å². The number of aliphatic hydroxyl groups excluding tert-OH is 1. The second-order valence-electron chi connectivity index (χ2n) is 2.56. The van der Waals surface area contributed by atoms with Crippen LogP contribution in [-0.4, -0.2) is 30.5 Å². The molecule has 0 amide bonds. The first-order chi connectivity index (χ1) is 4.25.